The number of sulfonamides is 1. The molecule has 2 aliphatic rings. The normalized spacial score (nSPS) is 26.9. The lowest BCUT2D eigenvalue weighted by atomic mass is 9.95. The maximum Gasteiger partial charge on any atom is 0.243 e. The Morgan fingerprint density at radius 2 is 2.10 bits per heavy atom. The number of nitrogens with one attached hydrogen (secondary N) is 1. The first-order valence-corrected chi connectivity index (χ1v) is 8.38. The second-order valence-electron chi connectivity index (χ2n) is 5.22. The Kier molecular flexibility index (Phi) is 4.97. The van der Waals surface area contributed by atoms with Crippen LogP contribution in [0.15, 0.2) is 29.2 Å². The number of hydrogen-bond donors (Lipinski definition) is 1. The third kappa shape index (κ3) is 2.97. The van der Waals surface area contributed by atoms with Crippen LogP contribution in [-0.2, 0) is 10.0 Å². The van der Waals surface area contributed by atoms with Gasteiger partial charge in [0.25, 0.3) is 0 Å². The van der Waals surface area contributed by atoms with Crippen LogP contribution >= 0.6 is 24.0 Å². The number of halogens is 2. The SMILES string of the molecule is Cl.O=S(=O)(c1cccc(Cl)c1)N1CCC2NCCC2C1. The zero-order chi connectivity index (χ0) is 13.5. The molecule has 2 atom stereocenters. The Morgan fingerprint density at radius 3 is 2.85 bits per heavy atom. The van der Waals surface area contributed by atoms with Crippen LogP contribution in [0.2, 0.25) is 5.02 Å². The summed E-state index contributed by atoms with van der Waals surface area (Å²) < 4.78 is 26.8. The van der Waals surface area contributed by atoms with Gasteiger partial charge in [0, 0.05) is 24.2 Å². The Bertz CT molecular complexity index is 579. The third-order valence-corrected chi connectivity index (χ3v) is 6.15. The van der Waals surface area contributed by atoms with E-state index in [-0.39, 0.29) is 12.4 Å². The van der Waals surface area contributed by atoms with Crippen molar-refractivity contribution in [2.45, 2.75) is 23.8 Å². The average Bonchev–Trinajstić information content (AvgIpc) is 2.85. The highest BCUT2D eigenvalue weighted by Crippen LogP contribution is 2.29. The van der Waals surface area contributed by atoms with Crippen molar-refractivity contribution < 1.29 is 8.42 Å². The number of benzene rings is 1. The molecule has 112 valence electrons. The number of hydrogen-bond acceptors (Lipinski definition) is 3. The minimum atomic E-state index is -3.40. The summed E-state index contributed by atoms with van der Waals surface area (Å²) in [7, 11) is -3.40. The fraction of sp³-hybridized carbons (Fsp3) is 0.538. The second kappa shape index (κ2) is 6.20. The van der Waals surface area contributed by atoms with Crippen molar-refractivity contribution in [2.24, 2.45) is 5.92 Å². The van der Waals surface area contributed by atoms with Crippen LogP contribution in [0.1, 0.15) is 12.8 Å². The predicted octanol–water partition coefficient (Wildman–Crippen LogP) is 2.13. The fourth-order valence-electron chi connectivity index (χ4n) is 3.01. The van der Waals surface area contributed by atoms with E-state index >= 15 is 0 Å². The number of rotatable bonds is 2. The van der Waals surface area contributed by atoms with Crippen molar-refractivity contribution in [3.8, 4) is 0 Å². The minimum absolute atomic E-state index is 0. The van der Waals surface area contributed by atoms with Gasteiger partial charge in [0.2, 0.25) is 10.0 Å². The Morgan fingerprint density at radius 1 is 1.30 bits per heavy atom. The summed E-state index contributed by atoms with van der Waals surface area (Å²) in [5, 5.41) is 3.89. The van der Waals surface area contributed by atoms with Crippen molar-refractivity contribution in [3.05, 3.63) is 29.3 Å². The predicted molar refractivity (Wildman–Crippen MR) is 82.0 cm³/mol. The van der Waals surface area contributed by atoms with Crippen molar-refractivity contribution in [1.82, 2.24) is 9.62 Å². The number of piperidine rings is 1. The van der Waals surface area contributed by atoms with E-state index < -0.39 is 10.0 Å². The molecule has 1 aromatic rings. The van der Waals surface area contributed by atoms with E-state index in [0.717, 1.165) is 19.4 Å². The summed E-state index contributed by atoms with van der Waals surface area (Å²) in [5.74, 6) is 0.447. The van der Waals surface area contributed by atoms with E-state index in [4.69, 9.17) is 11.6 Å². The van der Waals surface area contributed by atoms with E-state index in [2.05, 4.69) is 5.32 Å². The van der Waals surface area contributed by atoms with Crippen LogP contribution in [0.25, 0.3) is 0 Å². The summed E-state index contributed by atoms with van der Waals surface area (Å²) in [6.45, 7) is 2.20. The molecule has 0 aromatic heterocycles. The molecule has 2 fully saturated rings. The zero-order valence-corrected chi connectivity index (χ0v) is 13.3. The van der Waals surface area contributed by atoms with Gasteiger partial charge in [-0.15, -0.1) is 12.4 Å². The molecule has 4 nitrogen and oxygen atoms in total. The molecule has 0 saturated carbocycles. The van der Waals surface area contributed by atoms with Crippen LogP contribution < -0.4 is 5.32 Å². The van der Waals surface area contributed by atoms with Gasteiger partial charge in [-0.2, -0.15) is 4.31 Å². The molecule has 0 aliphatic carbocycles. The molecule has 1 aromatic carbocycles. The lowest BCUT2D eigenvalue weighted by Gasteiger charge is -2.34. The zero-order valence-electron chi connectivity index (χ0n) is 11.0. The topological polar surface area (TPSA) is 49.4 Å². The first kappa shape index (κ1) is 16.0. The maximum absolute atomic E-state index is 12.6. The van der Waals surface area contributed by atoms with Gasteiger partial charge in [-0.25, -0.2) is 8.42 Å². The maximum atomic E-state index is 12.6. The minimum Gasteiger partial charge on any atom is -0.314 e. The van der Waals surface area contributed by atoms with Crippen LogP contribution in [0.5, 0.6) is 0 Å². The van der Waals surface area contributed by atoms with Gasteiger partial charge in [0.15, 0.2) is 0 Å². The Hall–Kier alpha value is -0.330. The van der Waals surface area contributed by atoms with Crippen molar-refractivity contribution in [1.29, 1.82) is 0 Å². The molecular weight excluding hydrogens is 319 g/mol. The smallest absolute Gasteiger partial charge is 0.243 e. The van der Waals surface area contributed by atoms with Crippen molar-refractivity contribution in [3.63, 3.8) is 0 Å². The van der Waals surface area contributed by atoms with Gasteiger partial charge in [0.1, 0.15) is 0 Å². The molecule has 0 bridgehead atoms. The second-order valence-corrected chi connectivity index (χ2v) is 7.59. The molecule has 2 unspecified atom stereocenters. The number of nitrogens with zero attached hydrogens (tertiary/aromatic N) is 1. The molecule has 1 N–H and O–H groups in total. The summed E-state index contributed by atoms with van der Waals surface area (Å²) in [6.07, 6.45) is 1.96. The molecule has 2 aliphatic heterocycles. The molecule has 2 saturated heterocycles. The van der Waals surface area contributed by atoms with Crippen LogP contribution in [0.4, 0.5) is 0 Å². The highest BCUT2D eigenvalue weighted by molar-refractivity contribution is 7.89. The molecule has 3 rings (SSSR count). The van der Waals surface area contributed by atoms with Gasteiger partial charge in [-0.1, -0.05) is 17.7 Å². The quantitative estimate of drug-likeness (QED) is 0.900. The summed E-state index contributed by atoms with van der Waals surface area (Å²) in [5.41, 5.74) is 0. The summed E-state index contributed by atoms with van der Waals surface area (Å²) in [4.78, 5) is 0.296. The summed E-state index contributed by atoms with van der Waals surface area (Å²) >= 11 is 5.89. The average molecular weight is 337 g/mol. The van der Waals surface area contributed by atoms with Crippen LogP contribution in [-0.4, -0.2) is 38.4 Å². The first-order valence-electron chi connectivity index (χ1n) is 6.56. The highest BCUT2D eigenvalue weighted by Gasteiger charge is 2.37. The molecule has 7 heteroatoms. The molecular formula is C13H18Cl2N2O2S. The van der Waals surface area contributed by atoms with E-state index in [1.54, 1.807) is 22.5 Å². The molecule has 2 heterocycles. The standard InChI is InChI=1S/C13H17ClN2O2S.ClH/c14-11-2-1-3-12(8-11)19(17,18)16-7-5-13-10(9-16)4-6-15-13;/h1-3,8,10,13,15H,4-7,9H2;1H. The lowest BCUT2D eigenvalue weighted by molar-refractivity contribution is 0.247. The molecule has 0 amide bonds. The van der Waals surface area contributed by atoms with Gasteiger partial charge >= 0.3 is 0 Å². The highest BCUT2D eigenvalue weighted by atomic mass is 35.5. The first-order chi connectivity index (χ1) is 9.07. The largest absolute Gasteiger partial charge is 0.314 e. The fourth-order valence-corrected chi connectivity index (χ4v) is 4.82. The van der Waals surface area contributed by atoms with Gasteiger partial charge in [-0.05, 0) is 43.5 Å². The van der Waals surface area contributed by atoms with Gasteiger partial charge in [0.05, 0.1) is 4.90 Å². The van der Waals surface area contributed by atoms with Crippen molar-refractivity contribution >= 4 is 34.0 Å². The van der Waals surface area contributed by atoms with Gasteiger partial charge in [-0.3, -0.25) is 0 Å². The van der Waals surface area contributed by atoms with Crippen LogP contribution in [0.3, 0.4) is 0 Å². The van der Waals surface area contributed by atoms with E-state index in [0.29, 0.717) is 35.0 Å². The van der Waals surface area contributed by atoms with Crippen molar-refractivity contribution in [2.75, 3.05) is 19.6 Å². The summed E-state index contributed by atoms with van der Waals surface area (Å²) in [6, 6.07) is 6.99. The molecule has 0 spiro atoms. The third-order valence-electron chi connectivity index (χ3n) is 4.05. The monoisotopic (exact) mass is 336 g/mol. The Labute approximate surface area is 131 Å². The van der Waals surface area contributed by atoms with Gasteiger partial charge < -0.3 is 5.32 Å². The van der Waals surface area contributed by atoms with E-state index in [1.807, 2.05) is 0 Å². The van der Waals surface area contributed by atoms with E-state index in [1.165, 1.54) is 6.07 Å². The lowest BCUT2D eigenvalue weighted by Crippen LogP contribution is -2.46. The number of fused-ring (bicyclic) bond motifs is 1. The van der Waals surface area contributed by atoms with Crippen LogP contribution in [0, 0.1) is 5.92 Å². The molecule has 0 radical (unpaired) electrons. The Balaban J connectivity index is 0.00000147. The molecule has 20 heavy (non-hydrogen) atoms. The van der Waals surface area contributed by atoms with E-state index in [9.17, 15) is 8.42 Å².